The number of aryl methyl sites for hydroxylation is 1. The summed E-state index contributed by atoms with van der Waals surface area (Å²) in [7, 11) is 0. The van der Waals surface area contributed by atoms with Gasteiger partial charge in [0.15, 0.2) is 5.82 Å². The number of hydrogen-bond acceptors (Lipinski definition) is 4. The van der Waals surface area contributed by atoms with Crippen LogP contribution >= 0.6 is 15.9 Å². The highest BCUT2D eigenvalue weighted by atomic mass is 79.9. The summed E-state index contributed by atoms with van der Waals surface area (Å²) in [5.41, 5.74) is 2.32. The molecule has 2 aromatic carbocycles. The molecule has 3 aromatic rings. The third-order valence-corrected chi connectivity index (χ3v) is 4.21. The smallest absolute Gasteiger partial charge is 0.413 e. The van der Waals surface area contributed by atoms with E-state index in [2.05, 4.69) is 31.6 Å². The highest BCUT2D eigenvalue weighted by molar-refractivity contribution is 9.10. The van der Waals surface area contributed by atoms with Crippen LogP contribution in [0.15, 0.2) is 59.1 Å². The summed E-state index contributed by atoms with van der Waals surface area (Å²) in [5, 5.41) is 10.9. The minimum Gasteiger partial charge on any atom is -0.441 e. The fourth-order valence-corrected chi connectivity index (χ4v) is 2.61. The van der Waals surface area contributed by atoms with E-state index in [4.69, 9.17) is 4.74 Å². The first-order chi connectivity index (χ1) is 12.0. The molecule has 3 rings (SSSR count). The first-order valence-corrected chi connectivity index (χ1v) is 8.54. The van der Waals surface area contributed by atoms with Gasteiger partial charge in [-0.25, -0.2) is 4.79 Å². The first kappa shape index (κ1) is 17.2. The van der Waals surface area contributed by atoms with E-state index in [1.54, 1.807) is 11.6 Å². The quantitative estimate of drug-likeness (QED) is 0.691. The van der Waals surface area contributed by atoms with Gasteiger partial charge in [-0.05, 0) is 43.7 Å². The standard InChI is InChI=1S/C18H17BrN4O2/c1-12-17(23(22-21-12)16-10-8-15(19)9-11-16)20-18(24)25-13(2)14-6-4-3-5-7-14/h3-11,13H,1-2H3,(H,20,24). The number of rotatable bonds is 4. The second kappa shape index (κ2) is 7.48. The molecule has 128 valence electrons. The number of halogens is 1. The molecule has 1 amide bonds. The maximum atomic E-state index is 12.3. The summed E-state index contributed by atoms with van der Waals surface area (Å²) in [4.78, 5) is 12.3. The number of hydrogen-bond donors (Lipinski definition) is 1. The first-order valence-electron chi connectivity index (χ1n) is 7.75. The van der Waals surface area contributed by atoms with Crippen LogP contribution in [0, 0.1) is 6.92 Å². The number of nitrogens with one attached hydrogen (secondary N) is 1. The van der Waals surface area contributed by atoms with E-state index < -0.39 is 6.09 Å². The third kappa shape index (κ3) is 4.06. The van der Waals surface area contributed by atoms with E-state index >= 15 is 0 Å². The van der Waals surface area contributed by atoms with E-state index in [9.17, 15) is 4.79 Å². The van der Waals surface area contributed by atoms with Crippen LogP contribution in [0.25, 0.3) is 5.69 Å². The van der Waals surface area contributed by atoms with Crippen molar-refractivity contribution in [3.8, 4) is 5.69 Å². The molecule has 0 aliphatic carbocycles. The van der Waals surface area contributed by atoms with Crippen LogP contribution in [0.1, 0.15) is 24.3 Å². The Kier molecular flexibility index (Phi) is 5.14. The third-order valence-electron chi connectivity index (χ3n) is 3.68. The maximum Gasteiger partial charge on any atom is 0.413 e. The zero-order chi connectivity index (χ0) is 17.8. The molecule has 1 heterocycles. The van der Waals surface area contributed by atoms with Gasteiger partial charge >= 0.3 is 6.09 Å². The van der Waals surface area contributed by atoms with Crippen LogP contribution in [0.4, 0.5) is 10.6 Å². The summed E-state index contributed by atoms with van der Waals surface area (Å²) >= 11 is 3.40. The zero-order valence-electron chi connectivity index (χ0n) is 13.8. The Labute approximate surface area is 153 Å². The second-order valence-electron chi connectivity index (χ2n) is 5.49. The Bertz CT molecular complexity index is 863. The van der Waals surface area contributed by atoms with Crippen LogP contribution in [0.5, 0.6) is 0 Å². The van der Waals surface area contributed by atoms with E-state index in [0.29, 0.717) is 11.5 Å². The van der Waals surface area contributed by atoms with Crippen LogP contribution in [-0.2, 0) is 4.74 Å². The molecule has 7 heteroatoms. The number of anilines is 1. The van der Waals surface area contributed by atoms with Gasteiger partial charge in [0, 0.05) is 4.47 Å². The molecule has 1 N–H and O–H groups in total. The molecule has 1 aromatic heterocycles. The van der Waals surface area contributed by atoms with Crippen molar-refractivity contribution in [1.82, 2.24) is 15.0 Å². The van der Waals surface area contributed by atoms with Gasteiger partial charge in [0.05, 0.1) is 5.69 Å². The topological polar surface area (TPSA) is 69.0 Å². The van der Waals surface area contributed by atoms with E-state index in [-0.39, 0.29) is 6.10 Å². The van der Waals surface area contributed by atoms with E-state index in [1.165, 1.54) is 0 Å². The molecule has 25 heavy (non-hydrogen) atoms. The van der Waals surface area contributed by atoms with Crippen molar-refractivity contribution in [1.29, 1.82) is 0 Å². The summed E-state index contributed by atoms with van der Waals surface area (Å²) in [6.07, 6.45) is -0.918. The number of amides is 1. The lowest BCUT2D eigenvalue weighted by Crippen LogP contribution is -2.18. The summed E-state index contributed by atoms with van der Waals surface area (Å²) in [5.74, 6) is 0.479. The molecule has 1 atom stereocenters. The molecule has 0 aliphatic heterocycles. The SMILES string of the molecule is Cc1nnn(-c2ccc(Br)cc2)c1NC(=O)OC(C)c1ccccc1. The van der Waals surface area contributed by atoms with Gasteiger partial charge in [-0.2, -0.15) is 4.68 Å². The zero-order valence-corrected chi connectivity index (χ0v) is 15.4. The van der Waals surface area contributed by atoms with Crippen LogP contribution < -0.4 is 5.32 Å². The monoisotopic (exact) mass is 400 g/mol. The number of nitrogens with zero attached hydrogens (tertiary/aromatic N) is 3. The molecule has 0 saturated heterocycles. The fraction of sp³-hybridized carbons (Fsp3) is 0.167. The molecule has 0 bridgehead atoms. The number of carbonyl (C=O) groups is 1. The van der Waals surface area contributed by atoms with Gasteiger partial charge in [0.1, 0.15) is 11.8 Å². The lowest BCUT2D eigenvalue weighted by Gasteiger charge is -2.15. The Morgan fingerprint density at radius 2 is 1.84 bits per heavy atom. The second-order valence-corrected chi connectivity index (χ2v) is 6.41. The van der Waals surface area contributed by atoms with Gasteiger partial charge in [0.25, 0.3) is 0 Å². The molecule has 0 saturated carbocycles. The van der Waals surface area contributed by atoms with Gasteiger partial charge in [-0.1, -0.05) is 51.5 Å². The Morgan fingerprint density at radius 3 is 2.52 bits per heavy atom. The molecule has 0 spiro atoms. The van der Waals surface area contributed by atoms with Crippen molar-refractivity contribution in [2.24, 2.45) is 0 Å². The van der Waals surface area contributed by atoms with Crippen molar-refractivity contribution in [3.05, 3.63) is 70.3 Å². The minimum absolute atomic E-state index is 0.362. The molecule has 1 unspecified atom stereocenters. The normalized spacial score (nSPS) is 11.8. The van der Waals surface area contributed by atoms with Gasteiger partial charge < -0.3 is 4.74 Å². The molecule has 0 fully saturated rings. The average molecular weight is 401 g/mol. The molecule has 6 nitrogen and oxygen atoms in total. The molecular weight excluding hydrogens is 384 g/mol. The van der Waals surface area contributed by atoms with Crippen LogP contribution in [0.2, 0.25) is 0 Å². The predicted octanol–water partition coefficient (Wildman–Crippen LogP) is 4.65. The Balaban J connectivity index is 1.75. The Hall–Kier alpha value is -2.67. The lowest BCUT2D eigenvalue weighted by molar-refractivity contribution is 0.121. The van der Waals surface area contributed by atoms with Gasteiger partial charge in [0.2, 0.25) is 0 Å². The lowest BCUT2D eigenvalue weighted by atomic mass is 10.1. The van der Waals surface area contributed by atoms with Crippen LogP contribution in [0.3, 0.4) is 0 Å². The molecule has 0 aliphatic rings. The number of benzene rings is 2. The highest BCUT2D eigenvalue weighted by Crippen LogP contribution is 2.21. The summed E-state index contributed by atoms with van der Waals surface area (Å²) < 4.78 is 7.97. The largest absolute Gasteiger partial charge is 0.441 e. The number of aromatic nitrogens is 3. The van der Waals surface area contributed by atoms with Crippen molar-refractivity contribution >= 4 is 27.8 Å². The predicted molar refractivity (Wildman–Crippen MR) is 98.8 cm³/mol. The van der Waals surface area contributed by atoms with Crippen molar-refractivity contribution < 1.29 is 9.53 Å². The summed E-state index contributed by atoms with van der Waals surface area (Å²) in [6, 6.07) is 17.1. The highest BCUT2D eigenvalue weighted by Gasteiger charge is 2.17. The molecule has 0 radical (unpaired) electrons. The van der Waals surface area contributed by atoms with Crippen molar-refractivity contribution in [2.45, 2.75) is 20.0 Å². The van der Waals surface area contributed by atoms with E-state index in [0.717, 1.165) is 15.7 Å². The maximum absolute atomic E-state index is 12.3. The van der Waals surface area contributed by atoms with Gasteiger partial charge in [-0.15, -0.1) is 5.10 Å². The minimum atomic E-state index is -0.555. The Morgan fingerprint density at radius 1 is 1.16 bits per heavy atom. The van der Waals surface area contributed by atoms with Gasteiger partial charge in [-0.3, -0.25) is 5.32 Å². The fourth-order valence-electron chi connectivity index (χ4n) is 2.34. The molecular formula is C18H17BrN4O2. The van der Waals surface area contributed by atoms with Crippen molar-refractivity contribution in [2.75, 3.05) is 5.32 Å². The average Bonchev–Trinajstić information content (AvgIpc) is 2.97. The van der Waals surface area contributed by atoms with Crippen molar-refractivity contribution in [3.63, 3.8) is 0 Å². The number of carbonyl (C=O) groups excluding carboxylic acids is 1. The summed E-state index contributed by atoms with van der Waals surface area (Å²) in [6.45, 7) is 3.60. The van der Waals surface area contributed by atoms with E-state index in [1.807, 2.05) is 61.5 Å². The number of ether oxygens (including phenoxy) is 1. The van der Waals surface area contributed by atoms with Crippen LogP contribution in [-0.4, -0.2) is 21.1 Å².